The quantitative estimate of drug-likeness (QED) is 0.831. The zero-order chi connectivity index (χ0) is 15.2. The van der Waals surface area contributed by atoms with Crippen molar-refractivity contribution in [2.45, 2.75) is 13.5 Å². The maximum atomic E-state index is 11.7. The Morgan fingerprint density at radius 3 is 2.67 bits per heavy atom. The van der Waals surface area contributed by atoms with Crippen molar-refractivity contribution in [3.63, 3.8) is 0 Å². The second-order valence-electron chi connectivity index (χ2n) is 4.70. The molecule has 0 fully saturated rings. The van der Waals surface area contributed by atoms with E-state index in [9.17, 15) is 4.79 Å². The standard InChI is InChI=1S/C14H17N5O2/c1-10-6-12(21-18-10)9-15-13(20)5-4-11-7-16-14(17-8-11)19(2)3/h4-8H,9H2,1-3H3,(H,15,20). The molecule has 7 heteroatoms. The Hall–Kier alpha value is -2.70. The molecule has 0 spiro atoms. The molecule has 2 aromatic rings. The molecule has 21 heavy (non-hydrogen) atoms. The number of aryl methyl sites for hydroxylation is 1. The van der Waals surface area contributed by atoms with Crippen LogP contribution in [0.25, 0.3) is 6.08 Å². The number of amides is 1. The Balaban J connectivity index is 1.86. The molecule has 0 unspecified atom stereocenters. The fourth-order valence-electron chi connectivity index (χ4n) is 1.55. The summed E-state index contributed by atoms with van der Waals surface area (Å²) in [7, 11) is 3.73. The molecule has 0 saturated heterocycles. The molecular weight excluding hydrogens is 270 g/mol. The highest BCUT2D eigenvalue weighted by Crippen LogP contribution is 2.05. The molecule has 0 radical (unpaired) electrons. The maximum Gasteiger partial charge on any atom is 0.244 e. The molecule has 7 nitrogen and oxygen atoms in total. The number of nitrogens with zero attached hydrogens (tertiary/aromatic N) is 4. The Kier molecular flexibility index (Phi) is 4.65. The van der Waals surface area contributed by atoms with E-state index in [0.717, 1.165) is 11.3 Å². The van der Waals surface area contributed by atoms with Crippen molar-refractivity contribution in [3.05, 3.63) is 41.6 Å². The average Bonchev–Trinajstić information content (AvgIpc) is 2.89. The Morgan fingerprint density at radius 1 is 1.38 bits per heavy atom. The Morgan fingerprint density at radius 2 is 2.10 bits per heavy atom. The fourth-order valence-corrected chi connectivity index (χ4v) is 1.55. The molecule has 0 aromatic carbocycles. The lowest BCUT2D eigenvalue weighted by atomic mass is 10.3. The number of hydrogen-bond donors (Lipinski definition) is 1. The van der Waals surface area contributed by atoms with Crippen LogP contribution in [0.1, 0.15) is 17.0 Å². The summed E-state index contributed by atoms with van der Waals surface area (Å²) in [6.07, 6.45) is 6.40. The lowest BCUT2D eigenvalue weighted by molar-refractivity contribution is -0.116. The van der Waals surface area contributed by atoms with Gasteiger partial charge in [0.1, 0.15) is 0 Å². The van der Waals surface area contributed by atoms with Gasteiger partial charge in [0.25, 0.3) is 0 Å². The molecule has 0 saturated carbocycles. The zero-order valence-electron chi connectivity index (χ0n) is 12.2. The van der Waals surface area contributed by atoms with Gasteiger partial charge >= 0.3 is 0 Å². The molecule has 2 aromatic heterocycles. The van der Waals surface area contributed by atoms with Crippen molar-refractivity contribution in [1.82, 2.24) is 20.4 Å². The Labute approximate surface area is 122 Å². The van der Waals surface area contributed by atoms with E-state index < -0.39 is 0 Å². The molecule has 0 aliphatic carbocycles. The summed E-state index contributed by atoms with van der Waals surface area (Å²) in [6, 6.07) is 1.78. The minimum absolute atomic E-state index is 0.222. The number of hydrogen-bond acceptors (Lipinski definition) is 6. The monoisotopic (exact) mass is 287 g/mol. The number of carbonyl (C=O) groups excluding carboxylic acids is 1. The normalized spacial score (nSPS) is 10.8. The molecule has 0 aliphatic heterocycles. The Bertz CT molecular complexity index is 631. The van der Waals surface area contributed by atoms with Crippen molar-refractivity contribution >= 4 is 17.9 Å². The van der Waals surface area contributed by atoms with E-state index in [2.05, 4.69) is 20.4 Å². The van der Waals surface area contributed by atoms with Crippen molar-refractivity contribution in [2.75, 3.05) is 19.0 Å². The molecule has 2 rings (SSSR count). The summed E-state index contributed by atoms with van der Waals surface area (Å²) >= 11 is 0. The van der Waals surface area contributed by atoms with Crippen LogP contribution < -0.4 is 10.2 Å². The van der Waals surface area contributed by atoms with Crippen LogP contribution in [0.5, 0.6) is 0 Å². The molecule has 1 amide bonds. The molecule has 110 valence electrons. The molecule has 0 bridgehead atoms. The van der Waals surface area contributed by atoms with E-state index in [1.54, 1.807) is 29.4 Å². The maximum absolute atomic E-state index is 11.7. The summed E-state index contributed by atoms with van der Waals surface area (Å²) in [6.45, 7) is 2.13. The van der Waals surface area contributed by atoms with Gasteiger partial charge in [-0.1, -0.05) is 5.16 Å². The highest BCUT2D eigenvalue weighted by molar-refractivity contribution is 5.91. The van der Waals surface area contributed by atoms with Crippen molar-refractivity contribution in [3.8, 4) is 0 Å². The van der Waals surface area contributed by atoms with Crippen LogP contribution in [-0.2, 0) is 11.3 Å². The smallest absolute Gasteiger partial charge is 0.244 e. The van der Waals surface area contributed by atoms with Gasteiger partial charge in [0, 0.05) is 44.2 Å². The van der Waals surface area contributed by atoms with Crippen molar-refractivity contribution < 1.29 is 9.32 Å². The number of aromatic nitrogens is 3. The molecule has 2 heterocycles. The van der Waals surface area contributed by atoms with Gasteiger partial charge in [-0.05, 0) is 13.0 Å². The molecule has 1 N–H and O–H groups in total. The van der Waals surface area contributed by atoms with E-state index in [0.29, 0.717) is 18.3 Å². The van der Waals surface area contributed by atoms with Crippen molar-refractivity contribution in [2.24, 2.45) is 0 Å². The minimum Gasteiger partial charge on any atom is -0.359 e. The highest BCUT2D eigenvalue weighted by Gasteiger charge is 2.02. The average molecular weight is 287 g/mol. The summed E-state index contributed by atoms with van der Waals surface area (Å²) < 4.78 is 5.00. The lowest BCUT2D eigenvalue weighted by Crippen LogP contribution is -2.19. The third-order valence-corrected chi connectivity index (χ3v) is 2.60. The van der Waals surface area contributed by atoms with Crippen molar-refractivity contribution in [1.29, 1.82) is 0 Å². The highest BCUT2D eigenvalue weighted by atomic mass is 16.5. The minimum atomic E-state index is -0.222. The first-order chi connectivity index (χ1) is 10.0. The van der Waals surface area contributed by atoms with Gasteiger partial charge in [-0.3, -0.25) is 4.79 Å². The first-order valence-electron chi connectivity index (χ1n) is 6.42. The van der Waals surface area contributed by atoms with E-state index in [1.807, 2.05) is 21.0 Å². The van der Waals surface area contributed by atoms with Gasteiger partial charge in [0.2, 0.25) is 11.9 Å². The second kappa shape index (κ2) is 6.65. The lowest BCUT2D eigenvalue weighted by Gasteiger charge is -2.08. The van der Waals surface area contributed by atoms with Gasteiger partial charge in [-0.25, -0.2) is 9.97 Å². The summed E-state index contributed by atoms with van der Waals surface area (Å²) in [5.74, 6) is 1.02. The topological polar surface area (TPSA) is 84.2 Å². The van der Waals surface area contributed by atoms with Crippen LogP contribution in [0, 0.1) is 6.92 Å². The largest absolute Gasteiger partial charge is 0.359 e. The van der Waals surface area contributed by atoms with Gasteiger partial charge in [0.05, 0.1) is 12.2 Å². The third-order valence-electron chi connectivity index (χ3n) is 2.60. The number of carbonyl (C=O) groups is 1. The first kappa shape index (κ1) is 14.7. The predicted octanol–water partition coefficient (Wildman–Crippen LogP) is 1.17. The molecular formula is C14H17N5O2. The van der Waals surface area contributed by atoms with Gasteiger partial charge in [-0.15, -0.1) is 0 Å². The third kappa shape index (κ3) is 4.41. The SMILES string of the molecule is Cc1cc(CNC(=O)C=Cc2cnc(N(C)C)nc2)on1. The van der Waals surface area contributed by atoms with Crippen LogP contribution in [0.15, 0.2) is 29.1 Å². The van der Waals surface area contributed by atoms with Crippen LogP contribution in [0.4, 0.5) is 5.95 Å². The predicted molar refractivity (Wildman–Crippen MR) is 78.5 cm³/mol. The van der Waals surface area contributed by atoms with Gasteiger partial charge in [0.15, 0.2) is 5.76 Å². The van der Waals surface area contributed by atoms with Gasteiger partial charge < -0.3 is 14.7 Å². The van der Waals surface area contributed by atoms with Crippen LogP contribution >= 0.6 is 0 Å². The van der Waals surface area contributed by atoms with E-state index in [-0.39, 0.29) is 5.91 Å². The van der Waals surface area contributed by atoms with E-state index in [1.165, 1.54) is 6.08 Å². The van der Waals surface area contributed by atoms with E-state index in [4.69, 9.17) is 4.52 Å². The second-order valence-corrected chi connectivity index (χ2v) is 4.70. The van der Waals surface area contributed by atoms with Crippen LogP contribution in [-0.4, -0.2) is 35.1 Å². The number of rotatable bonds is 5. The van der Waals surface area contributed by atoms with Crippen LogP contribution in [0.3, 0.4) is 0 Å². The summed E-state index contributed by atoms with van der Waals surface area (Å²) in [5.41, 5.74) is 1.54. The van der Waals surface area contributed by atoms with E-state index >= 15 is 0 Å². The van der Waals surface area contributed by atoms with Crippen LogP contribution in [0.2, 0.25) is 0 Å². The molecule has 0 aliphatic rings. The number of anilines is 1. The van der Waals surface area contributed by atoms with Gasteiger partial charge in [-0.2, -0.15) is 0 Å². The number of nitrogens with one attached hydrogen (secondary N) is 1. The fraction of sp³-hybridized carbons (Fsp3) is 0.286. The summed E-state index contributed by atoms with van der Waals surface area (Å²) in [4.78, 5) is 21.8. The zero-order valence-corrected chi connectivity index (χ0v) is 12.2. The summed E-state index contributed by atoms with van der Waals surface area (Å²) in [5, 5.41) is 6.45. The molecule has 0 atom stereocenters. The first-order valence-corrected chi connectivity index (χ1v) is 6.42.